The highest BCUT2D eigenvalue weighted by Crippen LogP contribution is 2.30. The maximum atomic E-state index is 12.1. The number of carboxylic acids is 1. The van der Waals surface area contributed by atoms with Crippen LogP contribution in [0.2, 0.25) is 5.02 Å². The van der Waals surface area contributed by atoms with E-state index < -0.39 is 23.8 Å². The molecule has 2 aromatic rings. The number of carbonyl (C=O) groups excluding carboxylic acids is 1. The Morgan fingerprint density at radius 1 is 1.32 bits per heavy atom. The van der Waals surface area contributed by atoms with Crippen molar-refractivity contribution in [2.75, 3.05) is 0 Å². The summed E-state index contributed by atoms with van der Waals surface area (Å²) in [6, 6.07) is 6.77. The highest BCUT2D eigenvalue weighted by molar-refractivity contribution is 7.13. The lowest BCUT2D eigenvalue weighted by Gasteiger charge is -2.16. The molecule has 2 unspecified atom stereocenters. The molecule has 1 aromatic heterocycles. The number of halogens is 1. The van der Waals surface area contributed by atoms with Gasteiger partial charge < -0.3 is 10.4 Å². The van der Waals surface area contributed by atoms with Gasteiger partial charge in [-0.3, -0.25) is 9.59 Å². The Bertz CT molecular complexity index is 702. The molecule has 0 saturated carbocycles. The standard InChI is InChI=1S/C15H15ClN2O3S/c1-8(15(20)21)9(2)17-13(19)12-7-22-14(18-12)10-5-3-4-6-11(10)16/h3-9H,1-2H3,(H,17,19)(H,20,21). The van der Waals surface area contributed by atoms with Crippen LogP contribution < -0.4 is 5.32 Å². The largest absolute Gasteiger partial charge is 0.481 e. The number of nitrogens with zero attached hydrogens (tertiary/aromatic N) is 1. The average Bonchev–Trinajstić information content (AvgIpc) is 2.96. The fourth-order valence-corrected chi connectivity index (χ4v) is 2.88. The molecule has 116 valence electrons. The number of aliphatic carboxylic acids is 1. The summed E-state index contributed by atoms with van der Waals surface area (Å²) in [5.41, 5.74) is 1.02. The minimum atomic E-state index is -0.956. The molecule has 0 aliphatic carbocycles. The molecule has 0 aliphatic heterocycles. The normalized spacial score (nSPS) is 13.4. The molecule has 0 bridgehead atoms. The summed E-state index contributed by atoms with van der Waals surface area (Å²) >= 11 is 7.42. The van der Waals surface area contributed by atoms with Crippen molar-refractivity contribution < 1.29 is 14.7 Å². The van der Waals surface area contributed by atoms with Gasteiger partial charge in [0.1, 0.15) is 10.7 Å². The van der Waals surface area contributed by atoms with E-state index in [0.717, 1.165) is 5.56 Å². The third-order valence-electron chi connectivity index (χ3n) is 3.34. The van der Waals surface area contributed by atoms with E-state index >= 15 is 0 Å². The first-order valence-electron chi connectivity index (χ1n) is 6.64. The van der Waals surface area contributed by atoms with Crippen LogP contribution in [0.1, 0.15) is 24.3 Å². The summed E-state index contributed by atoms with van der Waals surface area (Å²) in [5.74, 6) is -2.02. The van der Waals surface area contributed by atoms with Gasteiger partial charge in [0.2, 0.25) is 0 Å². The second kappa shape index (κ2) is 6.89. The molecule has 7 heteroatoms. The Kier molecular flexibility index (Phi) is 5.15. The summed E-state index contributed by atoms with van der Waals surface area (Å²) in [7, 11) is 0. The minimum absolute atomic E-state index is 0.254. The van der Waals surface area contributed by atoms with Crippen LogP contribution in [0.25, 0.3) is 10.6 Å². The maximum Gasteiger partial charge on any atom is 0.308 e. The quantitative estimate of drug-likeness (QED) is 0.876. The van der Waals surface area contributed by atoms with Crippen molar-refractivity contribution in [3.63, 3.8) is 0 Å². The van der Waals surface area contributed by atoms with Gasteiger partial charge in [-0.1, -0.05) is 29.8 Å². The van der Waals surface area contributed by atoms with Gasteiger partial charge in [0.25, 0.3) is 5.91 Å². The summed E-state index contributed by atoms with van der Waals surface area (Å²) in [5, 5.41) is 14.4. The Hall–Kier alpha value is -1.92. The molecule has 1 heterocycles. The van der Waals surface area contributed by atoms with E-state index in [-0.39, 0.29) is 5.69 Å². The summed E-state index contributed by atoms with van der Waals surface area (Å²) < 4.78 is 0. The number of benzene rings is 1. The zero-order valence-corrected chi connectivity index (χ0v) is 13.6. The van der Waals surface area contributed by atoms with E-state index in [1.165, 1.54) is 11.3 Å². The fourth-order valence-electron chi connectivity index (χ4n) is 1.76. The molecule has 0 fully saturated rings. The monoisotopic (exact) mass is 338 g/mol. The zero-order chi connectivity index (χ0) is 16.3. The Balaban J connectivity index is 2.13. The predicted octanol–water partition coefficient (Wildman–Crippen LogP) is 3.30. The van der Waals surface area contributed by atoms with E-state index in [1.807, 2.05) is 18.2 Å². The van der Waals surface area contributed by atoms with Crippen molar-refractivity contribution in [1.29, 1.82) is 0 Å². The maximum absolute atomic E-state index is 12.1. The Morgan fingerprint density at radius 2 is 2.00 bits per heavy atom. The van der Waals surface area contributed by atoms with Gasteiger partial charge in [-0.2, -0.15) is 0 Å². The molecule has 5 nitrogen and oxygen atoms in total. The number of carbonyl (C=O) groups is 2. The van der Waals surface area contributed by atoms with Gasteiger partial charge >= 0.3 is 5.97 Å². The summed E-state index contributed by atoms with van der Waals surface area (Å²) in [6.45, 7) is 3.20. The molecule has 0 saturated heterocycles. The number of nitrogens with one attached hydrogen (secondary N) is 1. The van der Waals surface area contributed by atoms with Crippen LogP contribution in [-0.4, -0.2) is 28.0 Å². The van der Waals surface area contributed by atoms with Gasteiger partial charge in [-0.05, 0) is 19.9 Å². The first kappa shape index (κ1) is 16.5. The molecule has 0 radical (unpaired) electrons. The molecule has 2 N–H and O–H groups in total. The van der Waals surface area contributed by atoms with E-state index in [4.69, 9.17) is 16.7 Å². The number of thiazole rings is 1. The number of hydrogen-bond donors (Lipinski definition) is 2. The van der Waals surface area contributed by atoms with Crippen molar-refractivity contribution >= 4 is 34.8 Å². The summed E-state index contributed by atoms with van der Waals surface area (Å²) in [4.78, 5) is 27.3. The van der Waals surface area contributed by atoms with Gasteiger partial charge in [0.15, 0.2) is 0 Å². The van der Waals surface area contributed by atoms with Crippen LogP contribution in [0.4, 0.5) is 0 Å². The molecular formula is C15H15ClN2O3S. The number of carboxylic acid groups (broad SMARTS) is 1. The predicted molar refractivity (Wildman–Crippen MR) is 86.3 cm³/mol. The SMILES string of the molecule is CC(NC(=O)c1csc(-c2ccccc2Cl)n1)C(C)C(=O)O. The van der Waals surface area contributed by atoms with Crippen molar-refractivity contribution in [1.82, 2.24) is 10.3 Å². The topological polar surface area (TPSA) is 79.3 Å². The molecule has 22 heavy (non-hydrogen) atoms. The highest BCUT2D eigenvalue weighted by Gasteiger charge is 2.22. The highest BCUT2D eigenvalue weighted by atomic mass is 35.5. The van der Waals surface area contributed by atoms with Crippen LogP contribution in [-0.2, 0) is 4.79 Å². The molecule has 2 atom stereocenters. The molecule has 1 aromatic carbocycles. The van der Waals surface area contributed by atoms with E-state index in [0.29, 0.717) is 10.0 Å². The van der Waals surface area contributed by atoms with Crippen molar-refractivity contribution in [3.8, 4) is 10.6 Å². The molecule has 0 aliphatic rings. The lowest BCUT2D eigenvalue weighted by Crippen LogP contribution is -2.40. The van der Waals surface area contributed by atoms with Crippen molar-refractivity contribution in [3.05, 3.63) is 40.4 Å². The molecular weight excluding hydrogens is 324 g/mol. The van der Waals surface area contributed by atoms with Crippen LogP contribution in [0, 0.1) is 5.92 Å². The van der Waals surface area contributed by atoms with Gasteiger partial charge in [0.05, 0.1) is 10.9 Å². The van der Waals surface area contributed by atoms with Crippen LogP contribution in [0.15, 0.2) is 29.6 Å². The first-order valence-corrected chi connectivity index (χ1v) is 7.90. The number of amides is 1. The third kappa shape index (κ3) is 3.64. The van der Waals surface area contributed by atoms with Crippen molar-refractivity contribution in [2.45, 2.75) is 19.9 Å². The van der Waals surface area contributed by atoms with E-state index in [1.54, 1.807) is 25.3 Å². The van der Waals surface area contributed by atoms with Crippen LogP contribution in [0.3, 0.4) is 0 Å². The van der Waals surface area contributed by atoms with Gasteiger partial charge in [0, 0.05) is 17.0 Å². The number of rotatable bonds is 5. The van der Waals surface area contributed by atoms with Gasteiger partial charge in [-0.15, -0.1) is 11.3 Å². The average molecular weight is 339 g/mol. The third-order valence-corrected chi connectivity index (χ3v) is 4.54. The molecule has 2 rings (SSSR count). The Labute approximate surface area is 137 Å². The zero-order valence-electron chi connectivity index (χ0n) is 12.0. The first-order chi connectivity index (χ1) is 10.4. The lowest BCUT2D eigenvalue weighted by molar-refractivity contribution is -0.141. The van der Waals surface area contributed by atoms with E-state index in [9.17, 15) is 9.59 Å². The molecule has 1 amide bonds. The number of hydrogen-bond acceptors (Lipinski definition) is 4. The fraction of sp³-hybridized carbons (Fsp3) is 0.267. The lowest BCUT2D eigenvalue weighted by atomic mass is 10.0. The van der Waals surface area contributed by atoms with Crippen molar-refractivity contribution in [2.24, 2.45) is 5.92 Å². The van der Waals surface area contributed by atoms with E-state index in [2.05, 4.69) is 10.3 Å². The van der Waals surface area contributed by atoms with Crippen LogP contribution >= 0.6 is 22.9 Å². The minimum Gasteiger partial charge on any atom is -0.481 e. The van der Waals surface area contributed by atoms with Crippen LogP contribution in [0.5, 0.6) is 0 Å². The molecule has 0 spiro atoms. The Morgan fingerprint density at radius 3 is 2.64 bits per heavy atom. The smallest absolute Gasteiger partial charge is 0.308 e. The second-order valence-corrected chi connectivity index (χ2v) is 6.17. The van der Waals surface area contributed by atoms with Gasteiger partial charge in [-0.25, -0.2) is 4.98 Å². The number of aromatic nitrogens is 1. The second-order valence-electron chi connectivity index (χ2n) is 4.91. The summed E-state index contributed by atoms with van der Waals surface area (Å²) in [6.07, 6.45) is 0.